The molecule has 0 saturated heterocycles. The second-order valence-electron chi connectivity index (χ2n) is 6.03. The number of aromatic nitrogens is 5. The first kappa shape index (κ1) is 20.3. The third-order valence-electron chi connectivity index (χ3n) is 4.17. The predicted octanol–water partition coefficient (Wildman–Crippen LogP) is 2.76. The number of carbonyl (C=O) groups excluding carboxylic acids is 1. The van der Waals surface area contributed by atoms with Gasteiger partial charge in [0.05, 0.1) is 11.8 Å². The standard InChI is InChI=1S/C17H24N8OS2/c1-5-18-14-20-15(19-6-2)25-16(21-14)22-23-17(25)28-10-13(26)24(4)11(3)12-8-7-9-27-12/h7-9,11H,5-6,10H2,1-4H3,(H2,18,19,20,21,22). The van der Waals surface area contributed by atoms with E-state index in [2.05, 4.69) is 30.8 Å². The smallest absolute Gasteiger partial charge is 0.261 e. The molecule has 3 heterocycles. The summed E-state index contributed by atoms with van der Waals surface area (Å²) >= 11 is 2.98. The number of thioether (sulfide) groups is 1. The summed E-state index contributed by atoms with van der Waals surface area (Å²) in [4.78, 5) is 24.4. The van der Waals surface area contributed by atoms with Crippen LogP contribution in [0.3, 0.4) is 0 Å². The van der Waals surface area contributed by atoms with Gasteiger partial charge in [-0.2, -0.15) is 9.97 Å². The zero-order valence-corrected chi connectivity index (χ0v) is 18.0. The molecule has 0 saturated carbocycles. The van der Waals surface area contributed by atoms with Crippen LogP contribution in [0.25, 0.3) is 5.78 Å². The molecule has 3 rings (SSSR count). The minimum absolute atomic E-state index is 0.0258. The lowest BCUT2D eigenvalue weighted by Crippen LogP contribution is -2.30. The van der Waals surface area contributed by atoms with E-state index in [9.17, 15) is 4.79 Å². The fourth-order valence-electron chi connectivity index (χ4n) is 2.56. The van der Waals surface area contributed by atoms with Crippen molar-refractivity contribution in [3.8, 4) is 0 Å². The Balaban J connectivity index is 1.76. The van der Waals surface area contributed by atoms with E-state index in [-0.39, 0.29) is 17.7 Å². The maximum absolute atomic E-state index is 12.7. The van der Waals surface area contributed by atoms with Crippen LogP contribution < -0.4 is 10.6 Å². The van der Waals surface area contributed by atoms with Gasteiger partial charge in [0.15, 0.2) is 5.16 Å². The maximum Gasteiger partial charge on any atom is 0.261 e. The molecule has 0 aliphatic heterocycles. The van der Waals surface area contributed by atoms with Crippen molar-refractivity contribution in [2.75, 3.05) is 36.5 Å². The molecule has 11 heteroatoms. The van der Waals surface area contributed by atoms with Crippen LogP contribution in [-0.2, 0) is 4.79 Å². The quantitative estimate of drug-likeness (QED) is 0.510. The Morgan fingerprint density at radius 2 is 2.07 bits per heavy atom. The van der Waals surface area contributed by atoms with Crippen molar-refractivity contribution in [3.63, 3.8) is 0 Å². The fraction of sp³-hybridized carbons (Fsp3) is 0.471. The Morgan fingerprint density at radius 1 is 1.29 bits per heavy atom. The van der Waals surface area contributed by atoms with Crippen LogP contribution in [0.4, 0.5) is 11.9 Å². The lowest BCUT2D eigenvalue weighted by molar-refractivity contribution is -0.128. The topological polar surface area (TPSA) is 100 Å². The molecule has 3 aromatic rings. The normalized spacial score (nSPS) is 12.1. The van der Waals surface area contributed by atoms with Gasteiger partial charge >= 0.3 is 0 Å². The van der Waals surface area contributed by atoms with E-state index in [1.807, 2.05) is 45.3 Å². The molecule has 9 nitrogen and oxygen atoms in total. The summed E-state index contributed by atoms with van der Waals surface area (Å²) < 4.78 is 1.74. The van der Waals surface area contributed by atoms with Crippen molar-refractivity contribution >= 4 is 46.7 Å². The molecule has 0 fully saturated rings. The van der Waals surface area contributed by atoms with Gasteiger partial charge in [-0.25, -0.2) is 4.40 Å². The zero-order valence-electron chi connectivity index (χ0n) is 16.3. The summed E-state index contributed by atoms with van der Waals surface area (Å²) in [5.41, 5.74) is 0. The number of carbonyl (C=O) groups is 1. The van der Waals surface area contributed by atoms with E-state index in [1.165, 1.54) is 11.8 Å². The highest BCUT2D eigenvalue weighted by Crippen LogP contribution is 2.26. The van der Waals surface area contributed by atoms with Crippen LogP contribution in [0.2, 0.25) is 0 Å². The van der Waals surface area contributed by atoms with Crippen LogP contribution in [0.15, 0.2) is 22.7 Å². The number of anilines is 2. The molecule has 1 atom stereocenters. The van der Waals surface area contributed by atoms with Crippen molar-refractivity contribution < 1.29 is 4.79 Å². The van der Waals surface area contributed by atoms with Gasteiger partial charge in [-0.1, -0.05) is 17.8 Å². The van der Waals surface area contributed by atoms with E-state index in [0.29, 0.717) is 35.9 Å². The van der Waals surface area contributed by atoms with Crippen molar-refractivity contribution in [1.29, 1.82) is 0 Å². The van der Waals surface area contributed by atoms with Crippen LogP contribution in [0, 0.1) is 0 Å². The summed E-state index contributed by atoms with van der Waals surface area (Å²) in [5.74, 6) is 1.82. The molecule has 3 aromatic heterocycles. The molecule has 0 aliphatic carbocycles. The molecule has 0 radical (unpaired) electrons. The lowest BCUT2D eigenvalue weighted by atomic mass is 10.2. The number of rotatable bonds is 9. The predicted molar refractivity (Wildman–Crippen MR) is 113 cm³/mol. The van der Waals surface area contributed by atoms with E-state index in [0.717, 1.165) is 4.88 Å². The summed E-state index contributed by atoms with van der Waals surface area (Å²) in [6, 6.07) is 4.07. The lowest BCUT2D eigenvalue weighted by Gasteiger charge is -2.23. The Hall–Kier alpha value is -2.40. The van der Waals surface area contributed by atoms with E-state index >= 15 is 0 Å². The van der Waals surface area contributed by atoms with Gasteiger partial charge in [-0.05, 0) is 32.2 Å². The first-order chi connectivity index (χ1) is 13.5. The third kappa shape index (κ3) is 4.36. The van der Waals surface area contributed by atoms with Crippen molar-refractivity contribution in [2.24, 2.45) is 0 Å². The van der Waals surface area contributed by atoms with Crippen LogP contribution in [0.1, 0.15) is 31.7 Å². The highest BCUT2D eigenvalue weighted by molar-refractivity contribution is 7.99. The summed E-state index contributed by atoms with van der Waals surface area (Å²) in [7, 11) is 1.82. The second-order valence-corrected chi connectivity index (χ2v) is 7.96. The van der Waals surface area contributed by atoms with E-state index in [1.54, 1.807) is 20.6 Å². The van der Waals surface area contributed by atoms with Crippen LogP contribution >= 0.6 is 23.1 Å². The second kappa shape index (κ2) is 9.20. The summed E-state index contributed by atoms with van der Waals surface area (Å²) in [6.45, 7) is 7.40. The number of nitrogens with zero attached hydrogens (tertiary/aromatic N) is 6. The van der Waals surface area contributed by atoms with Crippen LogP contribution in [0.5, 0.6) is 0 Å². The van der Waals surface area contributed by atoms with E-state index < -0.39 is 0 Å². The number of nitrogens with one attached hydrogen (secondary N) is 2. The average Bonchev–Trinajstić information content (AvgIpc) is 3.35. The van der Waals surface area contributed by atoms with Crippen molar-refractivity contribution in [1.82, 2.24) is 29.5 Å². The molecule has 0 aromatic carbocycles. The van der Waals surface area contributed by atoms with E-state index in [4.69, 9.17) is 0 Å². The minimum Gasteiger partial charge on any atom is -0.355 e. The SMILES string of the molecule is CCNc1nc(NCC)n2c(SCC(=O)N(C)C(C)c3cccs3)nnc2n1. The first-order valence-corrected chi connectivity index (χ1v) is 10.9. The molecule has 1 unspecified atom stereocenters. The maximum atomic E-state index is 12.7. The molecular weight excluding hydrogens is 396 g/mol. The number of hydrogen-bond acceptors (Lipinski definition) is 9. The highest BCUT2D eigenvalue weighted by atomic mass is 32.2. The van der Waals surface area contributed by atoms with Crippen molar-refractivity contribution in [3.05, 3.63) is 22.4 Å². The zero-order chi connectivity index (χ0) is 20.1. The number of amides is 1. The van der Waals surface area contributed by atoms with Crippen LogP contribution in [-0.4, -0.2) is 61.3 Å². The molecule has 28 heavy (non-hydrogen) atoms. The van der Waals surface area contributed by atoms with Crippen molar-refractivity contribution in [2.45, 2.75) is 32.0 Å². The van der Waals surface area contributed by atoms with Gasteiger partial charge in [0.2, 0.25) is 17.8 Å². The summed E-state index contributed by atoms with van der Waals surface area (Å²) in [5, 5.41) is 17.2. The fourth-order valence-corrected chi connectivity index (χ4v) is 4.24. The first-order valence-electron chi connectivity index (χ1n) is 9.07. The van der Waals surface area contributed by atoms with Gasteiger partial charge in [0.1, 0.15) is 0 Å². The minimum atomic E-state index is 0.0258. The van der Waals surface area contributed by atoms with Gasteiger partial charge < -0.3 is 15.5 Å². The monoisotopic (exact) mass is 420 g/mol. The molecule has 0 aliphatic rings. The van der Waals surface area contributed by atoms with Gasteiger partial charge in [0, 0.05) is 25.0 Å². The molecular formula is C17H24N8OS2. The third-order valence-corrected chi connectivity index (χ3v) is 6.13. The Labute approximate surface area is 172 Å². The Kier molecular flexibility index (Phi) is 6.68. The largest absolute Gasteiger partial charge is 0.355 e. The molecule has 2 N–H and O–H groups in total. The average molecular weight is 421 g/mol. The number of hydrogen-bond donors (Lipinski definition) is 2. The highest BCUT2D eigenvalue weighted by Gasteiger charge is 2.20. The molecule has 150 valence electrons. The summed E-state index contributed by atoms with van der Waals surface area (Å²) in [6.07, 6.45) is 0. The Morgan fingerprint density at radius 3 is 2.75 bits per heavy atom. The number of thiophene rings is 1. The number of fused-ring (bicyclic) bond motifs is 1. The molecule has 0 bridgehead atoms. The van der Waals surface area contributed by atoms with Gasteiger partial charge in [-0.15, -0.1) is 21.5 Å². The van der Waals surface area contributed by atoms with Gasteiger partial charge in [0.25, 0.3) is 5.78 Å². The molecule has 1 amide bonds. The van der Waals surface area contributed by atoms with Gasteiger partial charge in [-0.3, -0.25) is 4.79 Å². The Bertz CT molecular complexity index is 927. The molecule has 0 spiro atoms.